The van der Waals surface area contributed by atoms with Crippen molar-refractivity contribution >= 4 is 5.97 Å². The molecule has 0 amide bonds. The number of carbonyl (C=O) groups is 1. The highest BCUT2D eigenvalue weighted by Crippen LogP contribution is 2.19. The number of nitrogens with two attached hydrogens (primary N) is 1. The zero-order chi connectivity index (χ0) is 14.1. The van der Waals surface area contributed by atoms with Crippen molar-refractivity contribution in [2.75, 3.05) is 6.61 Å². The molecule has 0 aliphatic heterocycles. The molecule has 1 aromatic carbocycles. The fourth-order valence-electron chi connectivity index (χ4n) is 1.92. The van der Waals surface area contributed by atoms with E-state index in [4.69, 9.17) is 10.5 Å². The van der Waals surface area contributed by atoms with Crippen molar-refractivity contribution in [2.45, 2.75) is 51.5 Å². The summed E-state index contributed by atoms with van der Waals surface area (Å²) >= 11 is 0. The van der Waals surface area contributed by atoms with E-state index in [0.29, 0.717) is 6.61 Å². The van der Waals surface area contributed by atoms with Gasteiger partial charge in [-0.3, -0.25) is 0 Å². The van der Waals surface area contributed by atoms with Gasteiger partial charge in [-0.25, -0.2) is 4.79 Å². The van der Waals surface area contributed by atoms with Gasteiger partial charge in [0.1, 0.15) is 5.54 Å². The first-order valence-corrected chi connectivity index (χ1v) is 7.10. The van der Waals surface area contributed by atoms with Crippen LogP contribution in [0.3, 0.4) is 0 Å². The normalized spacial score (nSPS) is 13.8. The number of esters is 1. The van der Waals surface area contributed by atoms with E-state index < -0.39 is 5.54 Å². The molecule has 0 spiro atoms. The number of benzene rings is 1. The standard InChI is InChI=1S/C16H25NO2/c1-3-4-5-6-10-13-19-15(18)16(2,17)14-11-8-7-9-12-14/h7-9,11-12H,3-6,10,13,17H2,1-2H3. The third kappa shape index (κ3) is 5.03. The predicted molar refractivity (Wildman–Crippen MR) is 77.7 cm³/mol. The molecule has 1 unspecified atom stereocenters. The van der Waals surface area contributed by atoms with Crippen molar-refractivity contribution in [1.29, 1.82) is 0 Å². The molecule has 0 saturated carbocycles. The first kappa shape index (κ1) is 15.7. The molecule has 0 aliphatic rings. The Labute approximate surface area is 116 Å². The molecule has 0 aliphatic carbocycles. The van der Waals surface area contributed by atoms with Gasteiger partial charge in [0.05, 0.1) is 6.61 Å². The largest absolute Gasteiger partial charge is 0.464 e. The summed E-state index contributed by atoms with van der Waals surface area (Å²) in [5, 5.41) is 0. The summed E-state index contributed by atoms with van der Waals surface area (Å²) in [6.07, 6.45) is 5.68. The Morgan fingerprint density at radius 2 is 1.79 bits per heavy atom. The van der Waals surface area contributed by atoms with E-state index in [-0.39, 0.29) is 5.97 Å². The van der Waals surface area contributed by atoms with Crippen LogP contribution >= 0.6 is 0 Å². The zero-order valence-corrected chi connectivity index (χ0v) is 12.0. The maximum atomic E-state index is 12.0. The van der Waals surface area contributed by atoms with Gasteiger partial charge in [0.2, 0.25) is 0 Å². The second kappa shape index (κ2) is 7.95. The van der Waals surface area contributed by atoms with Gasteiger partial charge in [-0.1, -0.05) is 62.9 Å². The lowest BCUT2D eigenvalue weighted by atomic mass is 9.93. The van der Waals surface area contributed by atoms with Crippen LogP contribution in [-0.2, 0) is 15.1 Å². The number of unbranched alkanes of at least 4 members (excludes halogenated alkanes) is 4. The summed E-state index contributed by atoms with van der Waals surface area (Å²) in [6, 6.07) is 9.35. The van der Waals surface area contributed by atoms with Gasteiger partial charge in [-0.2, -0.15) is 0 Å². The first-order valence-electron chi connectivity index (χ1n) is 7.10. The number of rotatable bonds is 8. The third-order valence-electron chi connectivity index (χ3n) is 3.28. The van der Waals surface area contributed by atoms with Gasteiger partial charge in [0.15, 0.2) is 0 Å². The summed E-state index contributed by atoms with van der Waals surface area (Å²) < 4.78 is 5.28. The molecular formula is C16H25NO2. The second-order valence-electron chi connectivity index (χ2n) is 5.12. The van der Waals surface area contributed by atoms with Crippen molar-refractivity contribution in [2.24, 2.45) is 5.73 Å². The van der Waals surface area contributed by atoms with Gasteiger partial charge in [0.25, 0.3) is 0 Å². The SMILES string of the molecule is CCCCCCCOC(=O)C(C)(N)c1ccccc1. The molecule has 106 valence electrons. The minimum Gasteiger partial charge on any atom is -0.464 e. The Kier molecular flexibility index (Phi) is 6.57. The highest BCUT2D eigenvalue weighted by Gasteiger charge is 2.31. The van der Waals surface area contributed by atoms with Crippen LogP contribution in [0.2, 0.25) is 0 Å². The molecule has 1 atom stereocenters. The van der Waals surface area contributed by atoms with Gasteiger partial charge in [0, 0.05) is 0 Å². The Bertz CT molecular complexity index is 374. The molecule has 19 heavy (non-hydrogen) atoms. The highest BCUT2D eigenvalue weighted by molar-refractivity contribution is 5.81. The van der Waals surface area contributed by atoms with E-state index >= 15 is 0 Å². The van der Waals surface area contributed by atoms with Crippen LogP contribution in [0.4, 0.5) is 0 Å². The number of hydrogen-bond acceptors (Lipinski definition) is 3. The van der Waals surface area contributed by atoms with Crippen LogP contribution < -0.4 is 5.73 Å². The summed E-state index contributed by atoms with van der Waals surface area (Å²) in [7, 11) is 0. The van der Waals surface area contributed by atoms with Gasteiger partial charge in [-0.15, -0.1) is 0 Å². The molecule has 0 radical (unpaired) electrons. The monoisotopic (exact) mass is 263 g/mol. The summed E-state index contributed by atoms with van der Waals surface area (Å²) in [4.78, 5) is 12.0. The van der Waals surface area contributed by atoms with E-state index in [1.165, 1.54) is 19.3 Å². The zero-order valence-electron chi connectivity index (χ0n) is 12.0. The van der Waals surface area contributed by atoms with Crippen molar-refractivity contribution in [3.05, 3.63) is 35.9 Å². The fourth-order valence-corrected chi connectivity index (χ4v) is 1.92. The molecule has 3 heteroatoms. The van der Waals surface area contributed by atoms with Crippen molar-refractivity contribution in [1.82, 2.24) is 0 Å². The number of hydrogen-bond donors (Lipinski definition) is 1. The second-order valence-corrected chi connectivity index (χ2v) is 5.12. The summed E-state index contributed by atoms with van der Waals surface area (Å²) in [5.74, 6) is -0.353. The smallest absolute Gasteiger partial charge is 0.330 e. The molecule has 0 saturated heterocycles. The molecular weight excluding hydrogens is 238 g/mol. The predicted octanol–water partition coefficient (Wildman–Crippen LogP) is 3.37. The minimum absolute atomic E-state index is 0.353. The summed E-state index contributed by atoms with van der Waals surface area (Å²) in [5.41, 5.74) is 5.79. The topological polar surface area (TPSA) is 52.3 Å². The van der Waals surface area contributed by atoms with E-state index in [1.54, 1.807) is 6.92 Å². The van der Waals surface area contributed by atoms with Crippen LogP contribution in [0.25, 0.3) is 0 Å². The van der Waals surface area contributed by atoms with E-state index in [9.17, 15) is 4.79 Å². The molecule has 0 bridgehead atoms. The average Bonchev–Trinajstić information content (AvgIpc) is 2.43. The fraction of sp³-hybridized carbons (Fsp3) is 0.562. The number of carbonyl (C=O) groups excluding carboxylic acids is 1. The molecule has 1 aromatic rings. The van der Waals surface area contributed by atoms with Gasteiger partial charge in [-0.05, 0) is 18.9 Å². The summed E-state index contributed by atoms with van der Waals surface area (Å²) in [6.45, 7) is 4.34. The van der Waals surface area contributed by atoms with Crippen LogP contribution in [0, 0.1) is 0 Å². The lowest BCUT2D eigenvalue weighted by Gasteiger charge is -2.23. The van der Waals surface area contributed by atoms with E-state index in [2.05, 4.69) is 6.92 Å². The number of ether oxygens (including phenoxy) is 1. The lowest BCUT2D eigenvalue weighted by Crippen LogP contribution is -2.43. The van der Waals surface area contributed by atoms with Gasteiger partial charge < -0.3 is 10.5 Å². The molecule has 1 rings (SSSR count). The first-order chi connectivity index (χ1) is 9.09. The Hall–Kier alpha value is -1.35. The molecule has 0 fully saturated rings. The van der Waals surface area contributed by atoms with Crippen molar-refractivity contribution < 1.29 is 9.53 Å². The minimum atomic E-state index is -1.06. The van der Waals surface area contributed by atoms with Crippen molar-refractivity contribution in [3.8, 4) is 0 Å². The van der Waals surface area contributed by atoms with E-state index in [0.717, 1.165) is 18.4 Å². The van der Waals surface area contributed by atoms with Crippen LogP contribution in [-0.4, -0.2) is 12.6 Å². The maximum Gasteiger partial charge on any atom is 0.330 e. The Morgan fingerprint density at radius 1 is 1.16 bits per heavy atom. The Morgan fingerprint density at radius 3 is 2.42 bits per heavy atom. The van der Waals surface area contributed by atoms with Crippen molar-refractivity contribution in [3.63, 3.8) is 0 Å². The van der Waals surface area contributed by atoms with Gasteiger partial charge >= 0.3 is 5.97 Å². The van der Waals surface area contributed by atoms with Crippen LogP contribution in [0.5, 0.6) is 0 Å². The van der Waals surface area contributed by atoms with E-state index in [1.807, 2.05) is 30.3 Å². The molecule has 0 heterocycles. The molecule has 3 nitrogen and oxygen atoms in total. The van der Waals surface area contributed by atoms with Crippen LogP contribution in [0.15, 0.2) is 30.3 Å². The molecule has 0 aromatic heterocycles. The highest BCUT2D eigenvalue weighted by atomic mass is 16.5. The van der Waals surface area contributed by atoms with Crippen LogP contribution in [0.1, 0.15) is 51.5 Å². The lowest BCUT2D eigenvalue weighted by molar-refractivity contribution is -0.150. The Balaban J connectivity index is 2.36. The molecule has 2 N–H and O–H groups in total. The average molecular weight is 263 g/mol. The third-order valence-corrected chi connectivity index (χ3v) is 3.28. The quantitative estimate of drug-likeness (QED) is 0.578. The maximum absolute atomic E-state index is 12.0.